The number of carboxylic acids is 1. The maximum absolute atomic E-state index is 12.2. The molecular weight excluding hydrogens is 340 g/mol. The summed E-state index contributed by atoms with van der Waals surface area (Å²) in [6.45, 7) is 0. The van der Waals surface area contributed by atoms with Crippen LogP contribution in [0.3, 0.4) is 0 Å². The molecule has 0 bridgehead atoms. The molecule has 6 nitrogen and oxygen atoms in total. The molecule has 1 aliphatic rings. The Balaban J connectivity index is 1.97. The van der Waals surface area contributed by atoms with E-state index in [4.69, 9.17) is 9.84 Å². The van der Waals surface area contributed by atoms with E-state index in [0.717, 1.165) is 12.8 Å². The van der Waals surface area contributed by atoms with Gasteiger partial charge in [-0.25, -0.2) is 9.78 Å². The number of hydrogen-bond donors (Lipinski definition) is 1. The summed E-state index contributed by atoms with van der Waals surface area (Å²) in [6.07, 6.45) is 5.09. The Morgan fingerprint density at radius 2 is 2.19 bits per heavy atom. The van der Waals surface area contributed by atoms with Gasteiger partial charge in [-0.3, -0.25) is 4.79 Å². The average Bonchev–Trinajstić information content (AvgIpc) is 3.27. The standard InChI is InChI=1S/C14H11BrN2O4/c15-10-4-1-8(14(19)20)7-11(10)21-12-13(18)17(6-5-16-12)9-2-3-9/h1,4-7,9H,2-3H2,(H,19,20). The fraction of sp³-hybridized carbons (Fsp3) is 0.214. The molecule has 0 radical (unpaired) electrons. The number of aromatic carboxylic acids is 1. The first kappa shape index (κ1) is 13.8. The van der Waals surface area contributed by atoms with Crippen molar-refractivity contribution in [1.29, 1.82) is 0 Å². The average molecular weight is 351 g/mol. The van der Waals surface area contributed by atoms with Gasteiger partial charge >= 0.3 is 11.5 Å². The molecule has 108 valence electrons. The molecule has 1 fully saturated rings. The van der Waals surface area contributed by atoms with Crippen LogP contribution < -0.4 is 10.3 Å². The van der Waals surface area contributed by atoms with E-state index in [9.17, 15) is 9.59 Å². The normalized spacial score (nSPS) is 14.0. The van der Waals surface area contributed by atoms with Gasteiger partial charge in [-0.1, -0.05) is 0 Å². The predicted octanol–water partition coefficient (Wildman–Crippen LogP) is 2.83. The fourth-order valence-electron chi connectivity index (χ4n) is 1.94. The van der Waals surface area contributed by atoms with E-state index in [1.54, 1.807) is 16.8 Å². The van der Waals surface area contributed by atoms with Crippen LogP contribution in [0.1, 0.15) is 29.2 Å². The van der Waals surface area contributed by atoms with E-state index >= 15 is 0 Å². The van der Waals surface area contributed by atoms with Crippen molar-refractivity contribution in [3.63, 3.8) is 0 Å². The zero-order valence-electron chi connectivity index (χ0n) is 10.8. The van der Waals surface area contributed by atoms with E-state index < -0.39 is 5.97 Å². The Morgan fingerprint density at radius 3 is 2.86 bits per heavy atom. The van der Waals surface area contributed by atoms with Crippen LogP contribution >= 0.6 is 15.9 Å². The quantitative estimate of drug-likeness (QED) is 0.916. The minimum atomic E-state index is -1.07. The summed E-state index contributed by atoms with van der Waals surface area (Å²) >= 11 is 3.27. The Kier molecular flexibility index (Phi) is 3.50. The third kappa shape index (κ3) is 2.82. The highest BCUT2D eigenvalue weighted by Crippen LogP contribution is 2.34. The third-order valence-electron chi connectivity index (χ3n) is 3.16. The van der Waals surface area contributed by atoms with Gasteiger partial charge in [-0.05, 0) is 47.0 Å². The summed E-state index contributed by atoms with van der Waals surface area (Å²) in [4.78, 5) is 27.1. The number of nitrogens with zero attached hydrogens (tertiary/aromatic N) is 2. The third-order valence-corrected chi connectivity index (χ3v) is 3.82. The molecule has 0 spiro atoms. The second-order valence-corrected chi connectivity index (χ2v) is 5.58. The molecule has 0 saturated heterocycles. The second-order valence-electron chi connectivity index (χ2n) is 4.73. The number of aromatic nitrogens is 2. The maximum atomic E-state index is 12.2. The van der Waals surface area contributed by atoms with Crippen molar-refractivity contribution in [1.82, 2.24) is 9.55 Å². The molecule has 2 aromatic rings. The van der Waals surface area contributed by atoms with Gasteiger partial charge in [0.15, 0.2) is 0 Å². The van der Waals surface area contributed by atoms with E-state index in [1.807, 2.05) is 0 Å². The largest absolute Gasteiger partial charge is 0.478 e. The van der Waals surface area contributed by atoms with Crippen molar-refractivity contribution >= 4 is 21.9 Å². The van der Waals surface area contributed by atoms with E-state index in [2.05, 4.69) is 20.9 Å². The molecule has 3 rings (SSSR count). The highest BCUT2D eigenvalue weighted by Gasteiger charge is 2.25. The molecule has 21 heavy (non-hydrogen) atoms. The monoisotopic (exact) mass is 350 g/mol. The Morgan fingerprint density at radius 1 is 1.43 bits per heavy atom. The highest BCUT2D eigenvalue weighted by atomic mass is 79.9. The minimum absolute atomic E-state index is 0.0624. The number of carboxylic acid groups (broad SMARTS) is 1. The van der Waals surface area contributed by atoms with Crippen molar-refractivity contribution < 1.29 is 14.6 Å². The van der Waals surface area contributed by atoms with Crippen molar-refractivity contribution in [3.05, 3.63) is 51.0 Å². The van der Waals surface area contributed by atoms with Gasteiger partial charge in [-0.2, -0.15) is 0 Å². The number of hydrogen-bond acceptors (Lipinski definition) is 4. The molecule has 7 heteroatoms. The summed E-state index contributed by atoms with van der Waals surface area (Å²) in [5.41, 5.74) is -0.237. The lowest BCUT2D eigenvalue weighted by Crippen LogP contribution is -2.20. The Hall–Kier alpha value is -2.15. The smallest absolute Gasteiger partial charge is 0.335 e. The van der Waals surface area contributed by atoms with Gasteiger partial charge in [-0.15, -0.1) is 0 Å². The molecule has 1 aromatic heterocycles. The number of carbonyl (C=O) groups is 1. The lowest BCUT2D eigenvalue weighted by atomic mass is 10.2. The molecule has 1 aliphatic carbocycles. The van der Waals surface area contributed by atoms with Crippen LogP contribution in [0.15, 0.2) is 39.9 Å². The molecule has 1 saturated carbocycles. The van der Waals surface area contributed by atoms with E-state index in [-0.39, 0.29) is 28.8 Å². The molecule has 1 heterocycles. The van der Waals surface area contributed by atoms with Crippen molar-refractivity contribution in [3.8, 4) is 11.6 Å². The summed E-state index contributed by atoms with van der Waals surface area (Å²) in [5.74, 6) is -0.885. The summed E-state index contributed by atoms with van der Waals surface area (Å²) in [6, 6.07) is 4.57. The predicted molar refractivity (Wildman–Crippen MR) is 77.9 cm³/mol. The molecule has 1 aromatic carbocycles. The topological polar surface area (TPSA) is 81.4 Å². The van der Waals surface area contributed by atoms with Crippen LogP contribution in [-0.2, 0) is 0 Å². The first-order valence-corrected chi connectivity index (χ1v) is 7.13. The van der Waals surface area contributed by atoms with E-state index in [0.29, 0.717) is 4.47 Å². The van der Waals surface area contributed by atoms with Crippen LogP contribution in [0.25, 0.3) is 0 Å². The molecular formula is C14H11BrN2O4. The zero-order valence-corrected chi connectivity index (χ0v) is 12.4. The Bertz CT molecular complexity index is 768. The fourth-order valence-corrected chi connectivity index (χ4v) is 2.26. The van der Waals surface area contributed by atoms with Gasteiger partial charge in [0.25, 0.3) is 5.88 Å². The summed E-state index contributed by atoms with van der Waals surface area (Å²) in [5, 5.41) is 8.99. The molecule has 0 atom stereocenters. The summed E-state index contributed by atoms with van der Waals surface area (Å²) < 4.78 is 7.64. The number of benzene rings is 1. The minimum Gasteiger partial charge on any atom is -0.478 e. The summed E-state index contributed by atoms with van der Waals surface area (Å²) in [7, 11) is 0. The maximum Gasteiger partial charge on any atom is 0.335 e. The van der Waals surface area contributed by atoms with E-state index in [1.165, 1.54) is 18.3 Å². The van der Waals surface area contributed by atoms with Crippen LogP contribution in [0.2, 0.25) is 0 Å². The van der Waals surface area contributed by atoms with Crippen molar-refractivity contribution in [2.45, 2.75) is 18.9 Å². The van der Waals surface area contributed by atoms with Crippen LogP contribution in [0.5, 0.6) is 11.6 Å². The zero-order chi connectivity index (χ0) is 15.0. The van der Waals surface area contributed by atoms with Gasteiger partial charge in [0.05, 0.1) is 10.0 Å². The molecule has 1 N–H and O–H groups in total. The second kappa shape index (κ2) is 5.33. The first-order valence-electron chi connectivity index (χ1n) is 6.34. The molecule has 0 unspecified atom stereocenters. The number of halogens is 1. The lowest BCUT2D eigenvalue weighted by Gasteiger charge is -2.09. The Labute approximate surface area is 128 Å². The lowest BCUT2D eigenvalue weighted by molar-refractivity contribution is 0.0696. The van der Waals surface area contributed by atoms with Crippen LogP contribution in [-0.4, -0.2) is 20.6 Å². The molecule has 0 aliphatic heterocycles. The molecule has 0 amide bonds. The van der Waals surface area contributed by atoms with Gasteiger partial charge < -0.3 is 14.4 Å². The van der Waals surface area contributed by atoms with Gasteiger partial charge in [0.2, 0.25) is 0 Å². The van der Waals surface area contributed by atoms with Crippen molar-refractivity contribution in [2.75, 3.05) is 0 Å². The number of rotatable bonds is 4. The SMILES string of the molecule is O=C(O)c1ccc(Br)c(Oc2nccn(C3CC3)c2=O)c1. The van der Waals surface area contributed by atoms with Crippen LogP contribution in [0, 0.1) is 0 Å². The van der Waals surface area contributed by atoms with Gasteiger partial charge in [0, 0.05) is 18.4 Å². The number of ether oxygens (including phenoxy) is 1. The van der Waals surface area contributed by atoms with Gasteiger partial charge in [0.1, 0.15) is 5.75 Å². The highest BCUT2D eigenvalue weighted by molar-refractivity contribution is 9.10. The first-order chi connectivity index (χ1) is 10.1. The van der Waals surface area contributed by atoms with Crippen molar-refractivity contribution in [2.24, 2.45) is 0 Å². The van der Waals surface area contributed by atoms with Crippen LogP contribution in [0.4, 0.5) is 0 Å².